The fourth-order valence-electron chi connectivity index (χ4n) is 3.35. The van der Waals surface area contributed by atoms with Gasteiger partial charge in [-0.05, 0) is 38.4 Å². The predicted octanol–water partition coefficient (Wildman–Crippen LogP) is 2.63. The highest BCUT2D eigenvalue weighted by atomic mass is 19.1. The lowest BCUT2D eigenvalue weighted by molar-refractivity contribution is 0.0525. The minimum atomic E-state index is -0.430. The van der Waals surface area contributed by atoms with Gasteiger partial charge in [-0.1, -0.05) is 6.07 Å². The van der Waals surface area contributed by atoms with Crippen molar-refractivity contribution in [3.8, 4) is 0 Å². The van der Waals surface area contributed by atoms with E-state index in [4.69, 9.17) is 0 Å². The fourth-order valence-corrected chi connectivity index (χ4v) is 3.35. The first-order valence-electron chi connectivity index (χ1n) is 7.06. The molecule has 4 heteroatoms. The van der Waals surface area contributed by atoms with Crippen molar-refractivity contribution < 1.29 is 8.78 Å². The zero-order chi connectivity index (χ0) is 13.4. The van der Waals surface area contributed by atoms with Crippen LogP contribution in [0.2, 0.25) is 0 Å². The molecule has 0 saturated carbocycles. The molecule has 2 atom stereocenters. The number of hydrogen-bond donors (Lipinski definition) is 0. The number of benzene rings is 1. The molecule has 104 valence electrons. The first kappa shape index (κ1) is 13.0. The second-order valence-electron chi connectivity index (χ2n) is 5.77. The average molecular weight is 266 g/mol. The van der Waals surface area contributed by atoms with Gasteiger partial charge in [0, 0.05) is 37.3 Å². The molecule has 2 aliphatic heterocycles. The third-order valence-corrected chi connectivity index (χ3v) is 4.49. The van der Waals surface area contributed by atoms with E-state index in [1.54, 1.807) is 0 Å². The van der Waals surface area contributed by atoms with Crippen LogP contribution in [0.15, 0.2) is 18.2 Å². The Balaban J connectivity index is 1.75. The van der Waals surface area contributed by atoms with Crippen LogP contribution < -0.4 is 0 Å². The highest BCUT2D eigenvalue weighted by molar-refractivity contribution is 5.19. The Hall–Kier alpha value is -1.00. The summed E-state index contributed by atoms with van der Waals surface area (Å²) < 4.78 is 27.4. The molecule has 2 fully saturated rings. The largest absolute Gasteiger partial charge is 0.298 e. The molecular weight excluding hydrogens is 246 g/mol. The summed E-state index contributed by atoms with van der Waals surface area (Å²) >= 11 is 0. The summed E-state index contributed by atoms with van der Waals surface area (Å²) in [6.07, 6.45) is 2.46. The number of nitrogens with zero attached hydrogens (tertiary/aromatic N) is 2. The van der Waals surface area contributed by atoms with Crippen LogP contribution in [-0.4, -0.2) is 41.5 Å². The lowest BCUT2D eigenvalue weighted by Gasteiger charge is -2.42. The number of halogens is 2. The third kappa shape index (κ3) is 2.51. The van der Waals surface area contributed by atoms with Crippen molar-refractivity contribution in [2.75, 3.05) is 19.6 Å². The molecule has 0 bridgehead atoms. The lowest BCUT2D eigenvalue weighted by atomic mass is 10.1. The van der Waals surface area contributed by atoms with Gasteiger partial charge in [-0.3, -0.25) is 9.80 Å². The van der Waals surface area contributed by atoms with E-state index < -0.39 is 11.6 Å². The van der Waals surface area contributed by atoms with Crippen LogP contribution in [0.25, 0.3) is 0 Å². The van der Waals surface area contributed by atoms with Gasteiger partial charge >= 0.3 is 0 Å². The standard InChI is InChI=1S/C15H20F2N2/c1-11-8-18-7-3-4-12(18)9-19(11)10-13-14(16)5-2-6-15(13)17/h2,5-6,11-12H,3-4,7-10H2,1H3/t11-,12?/m0/s1. The van der Waals surface area contributed by atoms with E-state index in [-0.39, 0.29) is 5.56 Å². The summed E-state index contributed by atoms with van der Waals surface area (Å²) in [6.45, 7) is 5.64. The lowest BCUT2D eigenvalue weighted by Crippen LogP contribution is -2.54. The summed E-state index contributed by atoms with van der Waals surface area (Å²) in [5.74, 6) is -0.859. The zero-order valence-electron chi connectivity index (χ0n) is 11.3. The van der Waals surface area contributed by atoms with Crippen molar-refractivity contribution in [3.05, 3.63) is 35.4 Å². The van der Waals surface area contributed by atoms with Crippen LogP contribution in [0.4, 0.5) is 8.78 Å². The van der Waals surface area contributed by atoms with Gasteiger partial charge in [0.05, 0.1) is 0 Å². The summed E-state index contributed by atoms with van der Waals surface area (Å²) in [4.78, 5) is 4.73. The SMILES string of the molecule is C[C@H]1CN2CCCC2CN1Cc1c(F)cccc1F. The minimum absolute atomic E-state index is 0.209. The topological polar surface area (TPSA) is 6.48 Å². The summed E-state index contributed by atoms with van der Waals surface area (Å²) in [5.41, 5.74) is 0.209. The molecule has 3 rings (SSSR count). The molecular formula is C15H20F2N2. The van der Waals surface area contributed by atoms with Crippen molar-refractivity contribution in [3.63, 3.8) is 0 Å². The molecule has 2 nitrogen and oxygen atoms in total. The molecule has 0 spiro atoms. The number of rotatable bonds is 2. The zero-order valence-corrected chi connectivity index (χ0v) is 11.3. The van der Waals surface area contributed by atoms with Gasteiger partial charge in [0.2, 0.25) is 0 Å². The van der Waals surface area contributed by atoms with Gasteiger partial charge in [0.1, 0.15) is 11.6 Å². The van der Waals surface area contributed by atoms with E-state index in [1.165, 1.54) is 37.6 Å². The van der Waals surface area contributed by atoms with E-state index in [2.05, 4.69) is 16.7 Å². The first-order chi connectivity index (χ1) is 9.15. The molecule has 0 N–H and O–H groups in total. The van der Waals surface area contributed by atoms with Crippen molar-refractivity contribution in [1.82, 2.24) is 9.80 Å². The molecule has 0 amide bonds. The molecule has 0 radical (unpaired) electrons. The highest BCUT2D eigenvalue weighted by Gasteiger charge is 2.34. The Morgan fingerprint density at radius 1 is 1.21 bits per heavy atom. The van der Waals surface area contributed by atoms with Gasteiger partial charge in [-0.25, -0.2) is 8.78 Å². The van der Waals surface area contributed by atoms with Gasteiger partial charge in [-0.15, -0.1) is 0 Å². The average Bonchev–Trinajstić information content (AvgIpc) is 2.81. The van der Waals surface area contributed by atoms with Crippen LogP contribution >= 0.6 is 0 Å². The Morgan fingerprint density at radius 2 is 1.95 bits per heavy atom. The Labute approximate surface area is 113 Å². The van der Waals surface area contributed by atoms with Crippen molar-refractivity contribution in [2.24, 2.45) is 0 Å². The fraction of sp³-hybridized carbons (Fsp3) is 0.600. The monoisotopic (exact) mass is 266 g/mol. The molecule has 2 aliphatic rings. The maximum absolute atomic E-state index is 13.7. The van der Waals surface area contributed by atoms with Crippen LogP contribution in [-0.2, 0) is 6.54 Å². The van der Waals surface area contributed by atoms with Gasteiger partial charge in [-0.2, -0.15) is 0 Å². The Morgan fingerprint density at radius 3 is 2.68 bits per heavy atom. The number of hydrogen-bond acceptors (Lipinski definition) is 2. The Kier molecular flexibility index (Phi) is 3.54. The van der Waals surface area contributed by atoms with Crippen molar-refractivity contribution in [2.45, 2.75) is 38.4 Å². The van der Waals surface area contributed by atoms with Gasteiger partial charge < -0.3 is 0 Å². The third-order valence-electron chi connectivity index (χ3n) is 4.49. The molecule has 2 heterocycles. The smallest absolute Gasteiger partial charge is 0.130 e. The van der Waals surface area contributed by atoms with E-state index in [0.717, 1.165) is 13.1 Å². The normalized spacial score (nSPS) is 28.6. The van der Waals surface area contributed by atoms with Crippen molar-refractivity contribution >= 4 is 0 Å². The summed E-state index contributed by atoms with van der Waals surface area (Å²) in [6, 6.07) is 5.04. The van der Waals surface area contributed by atoms with Crippen LogP contribution in [0.3, 0.4) is 0 Å². The summed E-state index contributed by atoms with van der Waals surface area (Å²) in [5, 5.41) is 0. The molecule has 0 aromatic heterocycles. The van der Waals surface area contributed by atoms with E-state index in [0.29, 0.717) is 18.6 Å². The molecule has 1 unspecified atom stereocenters. The second-order valence-corrected chi connectivity index (χ2v) is 5.77. The van der Waals surface area contributed by atoms with E-state index in [9.17, 15) is 8.78 Å². The Bertz CT molecular complexity index is 443. The quantitative estimate of drug-likeness (QED) is 0.812. The number of fused-ring (bicyclic) bond motifs is 1. The second kappa shape index (κ2) is 5.17. The molecule has 0 aliphatic carbocycles. The van der Waals surface area contributed by atoms with E-state index >= 15 is 0 Å². The molecule has 1 aromatic carbocycles. The maximum Gasteiger partial charge on any atom is 0.130 e. The molecule has 19 heavy (non-hydrogen) atoms. The van der Waals surface area contributed by atoms with Gasteiger partial charge in [0.25, 0.3) is 0 Å². The summed E-state index contributed by atoms with van der Waals surface area (Å²) in [7, 11) is 0. The maximum atomic E-state index is 13.7. The van der Waals surface area contributed by atoms with Gasteiger partial charge in [0.15, 0.2) is 0 Å². The predicted molar refractivity (Wildman–Crippen MR) is 70.8 cm³/mol. The highest BCUT2D eigenvalue weighted by Crippen LogP contribution is 2.26. The first-order valence-corrected chi connectivity index (χ1v) is 7.06. The molecule has 2 saturated heterocycles. The van der Waals surface area contributed by atoms with Crippen LogP contribution in [0, 0.1) is 11.6 Å². The molecule has 1 aromatic rings. The van der Waals surface area contributed by atoms with Crippen LogP contribution in [0.1, 0.15) is 25.3 Å². The van der Waals surface area contributed by atoms with Crippen molar-refractivity contribution in [1.29, 1.82) is 0 Å². The minimum Gasteiger partial charge on any atom is -0.298 e. The van der Waals surface area contributed by atoms with E-state index in [1.807, 2.05) is 0 Å². The van der Waals surface area contributed by atoms with Crippen LogP contribution in [0.5, 0.6) is 0 Å². The number of piperazine rings is 1.